The third-order valence-electron chi connectivity index (χ3n) is 2.06. The summed E-state index contributed by atoms with van der Waals surface area (Å²) in [5.74, 6) is 5.45. The zero-order chi connectivity index (χ0) is 9.68. The van der Waals surface area contributed by atoms with Crippen molar-refractivity contribution in [2.45, 2.75) is 19.3 Å². The molecule has 0 spiro atoms. The molecule has 1 aliphatic heterocycles. The Hall–Kier alpha value is -1.28. The number of amides is 2. The molecule has 0 aromatic rings. The van der Waals surface area contributed by atoms with Crippen molar-refractivity contribution in [3.63, 3.8) is 0 Å². The van der Waals surface area contributed by atoms with Gasteiger partial charge in [-0.25, -0.2) is 10.6 Å². The van der Waals surface area contributed by atoms with Crippen molar-refractivity contribution in [1.29, 1.82) is 5.26 Å². The molecule has 0 aromatic carbocycles. The molecule has 0 atom stereocenters. The number of nitriles is 1. The first-order chi connectivity index (χ1) is 6.25. The van der Waals surface area contributed by atoms with Crippen LogP contribution < -0.4 is 5.84 Å². The summed E-state index contributed by atoms with van der Waals surface area (Å²) in [5, 5.41) is 9.56. The van der Waals surface area contributed by atoms with Crippen LogP contribution in [-0.2, 0) is 0 Å². The summed E-state index contributed by atoms with van der Waals surface area (Å²) in [7, 11) is 0. The Labute approximate surface area is 77.7 Å². The quantitative estimate of drug-likeness (QED) is 0.387. The summed E-state index contributed by atoms with van der Waals surface area (Å²) in [4.78, 5) is 13.1. The van der Waals surface area contributed by atoms with E-state index in [4.69, 9.17) is 11.1 Å². The molecule has 5 heteroatoms. The molecular weight excluding hydrogens is 168 g/mol. The fourth-order valence-electron chi connectivity index (χ4n) is 1.36. The number of hydrazine groups is 1. The molecule has 5 nitrogen and oxygen atoms in total. The summed E-state index contributed by atoms with van der Waals surface area (Å²) >= 11 is 0. The minimum absolute atomic E-state index is 0.121. The zero-order valence-corrected chi connectivity index (χ0v) is 7.57. The third kappa shape index (κ3) is 2.60. The lowest BCUT2D eigenvalue weighted by molar-refractivity contribution is 0.130. The van der Waals surface area contributed by atoms with E-state index >= 15 is 0 Å². The molecule has 2 amide bonds. The fraction of sp³-hybridized carbons (Fsp3) is 0.750. The van der Waals surface area contributed by atoms with Crippen LogP contribution >= 0.6 is 0 Å². The first kappa shape index (κ1) is 9.81. The molecule has 1 aliphatic rings. The van der Waals surface area contributed by atoms with Crippen molar-refractivity contribution in [2.75, 3.05) is 19.6 Å². The number of carbonyl (C=O) groups excluding carboxylic acids is 1. The van der Waals surface area contributed by atoms with Gasteiger partial charge < -0.3 is 4.90 Å². The molecule has 0 aliphatic carbocycles. The van der Waals surface area contributed by atoms with Crippen LogP contribution in [0.3, 0.4) is 0 Å². The van der Waals surface area contributed by atoms with Crippen molar-refractivity contribution in [3.8, 4) is 6.07 Å². The highest BCUT2D eigenvalue weighted by molar-refractivity contribution is 5.74. The van der Waals surface area contributed by atoms with E-state index in [1.807, 2.05) is 0 Å². The van der Waals surface area contributed by atoms with Crippen LogP contribution in [0.5, 0.6) is 0 Å². The normalized spacial score (nSPS) is 17.4. The van der Waals surface area contributed by atoms with E-state index in [0.717, 1.165) is 19.4 Å². The molecule has 1 fully saturated rings. The fourth-order valence-corrected chi connectivity index (χ4v) is 1.36. The Morgan fingerprint density at radius 2 is 2.31 bits per heavy atom. The minimum atomic E-state index is -0.121. The topological polar surface area (TPSA) is 73.4 Å². The van der Waals surface area contributed by atoms with E-state index in [2.05, 4.69) is 6.07 Å². The summed E-state index contributed by atoms with van der Waals surface area (Å²) in [6.45, 7) is 2.03. The molecule has 13 heavy (non-hydrogen) atoms. The maximum Gasteiger partial charge on any atom is 0.334 e. The van der Waals surface area contributed by atoms with Gasteiger partial charge in [0.25, 0.3) is 0 Å². The van der Waals surface area contributed by atoms with Gasteiger partial charge in [0.05, 0.1) is 6.07 Å². The lowest BCUT2D eigenvalue weighted by Gasteiger charge is -2.32. The molecule has 0 aromatic heterocycles. The van der Waals surface area contributed by atoms with Crippen molar-refractivity contribution < 1.29 is 4.79 Å². The van der Waals surface area contributed by atoms with Crippen molar-refractivity contribution in [2.24, 2.45) is 5.84 Å². The lowest BCUT2D eigenvalue weighted by Crippen LogP contribution is -2.52. The third-order valence-corrected chi connectivity index (χ3v) is 2.06. The van der Waals surface area contributed by atoms with Gasteiger partial charge in [-0.05, 0) is 12.8 Å². The van der Waals surface area contributed by atoms with Gasteiger partial charge >= 0.3 is 6.03 Å². The van der Waals surface area contributed by atoms with Gasteiger partial charge in [0.2, 0.25) is 0 Å². The SMILES string of the molecule is N#CCCCN1CCCN(N)C1=O. The van der Waals surface area contributed by atoms with Gasteiger partial charge in [0.15, 0.2) is 0 Å². The summed E-state index contributed by atoms with van der Waals surface area (Å²) in [6.07, 6.45) is 2.14. The zero-order valence-electron chi connectivity index (χ0n) is 7.57. The average molecular weight is 182 g/mol. The molecule has 72 valence electrons. The van der Waals surface area contributed by atoms with Crippen LogP contribution in [0.25, 0.3) is 0 Å². The largest absolute Gasteiger partial charge is 0.334 e. The maximum atomic E-state index is 11.4. The van der Waals surface area contributed by atoms with Crippen molar-refractivity contribution in [1.82, 2.24) is 9.91 Å². The van der Waals surface area contributed by atoms with Crippen LogP contribution in [0.1, 0.15) is 19.3 Å². The summed E-state index contributed by atoms with van der Waals surface area (Å²) < 4.78 is 0. The summed E-state index contributed by atoms with van der Waals surface area (Å²) in [5.41, 5.74) is 0. The molecule has 1 rings (SSSR count). The monoisotopic (exact) mass is 182 g/mol. The maximum absolute atomic E-state index is 11.4. The number of hydrogen-bond donors (Lipinski definition) is 1. The second-order valence-corrected chi connectivity index (χ2v) is 3.08. The Bertz CT molecular complexity index is 223. The molecular formula is C8H14N4O. The van der Waals surface area contributed by atoms with E-state index in [1.54, 1.807) is 4.90 Å². The van der Waals surface area contributed by atoms with E-state index in [1.165, 1.54) is 5.01 Å². The Balaban J connectivity index is 2.32. The van der Waals surface area contributed by atoms with E-state index in [9.17, 15) is 4.79 Å². The number of carbonyl (C=O) groups is 1. The Morgan fingerprint density at radius 1 is 1.54 bits per heavy atom. The highest BCUT2D eigenvalue weighted by atomic mass is 16.2. The van der Waals surface area contributed by atoms with Gasteiger partial charge in [0.1, 0.15) is 0 Å². The molecule has 2 N–H and O–H groups in total. The second-order valence-electron chi connectivity index (χ2n) is 3.08. The van der Waals surface area contributed by atoms with Crippen LogP contribution in [-0.4, -0.2) is 35.6 Å². The van der Waals surface area contributed by atoms with Crippen molar-refractivity contribution in [3.05, 3.63) is 0 Å². The first-order valence-electron chi connectivity index (χ1n) is 4.44. The molecule has 1 heterocycles. The predicted octanol–water partition coefficient (Wildman–Crippen LogP) is 0.292. The van der Waals surface area contributed by atoms with Crippen molar-refractivity contribution >= 4 is 6.03 Å². The number of urea groups is 1. The number of nitrogens with zero attached hydrogens (tertiary/aromatic N) is 3. The molecule has 0 unspecified atom stereocenters. The number of hydrogen-bond acceptors (Lipinski definition) is 3. The lowest BCUT2D eigenvalue weighted by atomic mass is 10.2. The van der Waals surface area contributed by atoms with E-state index < -0.39 is 0 Å². The second kappa shape index (κ2) is 4.67. The van der Waals surface area contributed by atoms with Gasteiger partial charge in [-0.15, -0.1) is 0 Å². The van der Waals surface area contributed by atoms with Crippen LogP contribution in [0, 0.1) is 11.3 Å². The summed E-state index contributed by atoms with van der Waals surface area (Å²) in [6, 6.07) is 1.93. The van der Waals surface area contributed by atoms with Crippen LogP contribution in [0.4, 0.5) is 4.79 Å². The Kier molecular flexibility index (Phi) is 3.53. The van der Waals surface area contributed by atoms with E-state index in [-0.39, 0.29) is 6.03 Å². The predicted molar refractivity (Wildman–Crippen MR) is 47.3 cm³/mol. The first-order valence-corrected chi connectivity index (χ1v) is 4.44. The highest BCUT2D eigenvalue weighted by Gasteiger charge is 2.22. The molecule has 0 saturated carbocycles. The minimum Gasteiger partial charge on any atom is -0.323 e. The van der Waals surface area contributed by atoms with Gasteiger partial charge in [-0.3, -0.25) is 5.01 Å². The molecule has 0 bridgehead atoms. The van der Waals surface area contributed by atoms with Gasteiger partial charge in [0, 0.05) is 26.1 Å². The smallest absolute Gasteiger partial charge is 0.323 e. The highest BCUT2D eigenvalue weighted by Crippen LogP contribution is 2.06. The standard InChI is InChI=1S/C8H14N4O/c9-4-1-2-5-11-6-3-7-12(10)8(11)13/h1-3,5-7,10H2. The number of nitrogens with two attached hydrogens (primary N) is 1. The van der Waals surface area contributed by atoms with Crippen LogP contribution in [0.15, 0.2) is 0 Å². The Morgan fingerprint density at radius 3 is 3.00 bits per heavy atom. The number of rotatable bonds is 3. The van der Waals surface area contributed by atoms with Gasteiger partial charge in [-0.2, -0.15) is 5.26 Å². The average Bonchev–Trinajstić information content (AvgIpc) is 2.13. The molecule has 0 radical (unpaired) electrons. The van der Waals surface area contributed by atoms with E-state index in [0.29, 0.717) is 19.5 Å². The number of unbranched alkanes of at least 4 members (excludes halogenated alkanes) is 1. The van der Waals surface area contributed by atoms with Gasteiger partial charge in [-0.1, -0.05) is 0 Å². The van der Waals surface area contributed by atoms with Crippen LogP contribution in [0.2, 0.25) is 0 Å². The molecule has 1 saturated heterocycles.